The van der Waals surface area contributed by atoms with E-state index in [2.05, 4.69) is 4.98 Å². The van der Waals surface area contributed by atoms with E-state index in [1.54, 1.807) is 57.2 Å². The number of halogens is 1. The van der Waals surface area contributed by atoms with Gasteiger partial charge < -0.3 is 18.6 Å². The van der Waals surface area contributed by atoms with E-state index in [1.807, 2.05) is 31.2 Å². The van der Waals surface area contributed by atoms with Crippen LogP contribution in [0.3, 0.4) is 0 Å². The summed E-state index contributed by atoms with van der Waals surface area (Å²) in [6, 6.07) is 21.3. The van der Waals surface area contributed by atoms with Gasteiger partial charge in [-0.15, -0.1) is 0 Å². The van der Waals surface area contributed by atoms with Gasteiger partial charge in [-0.2, -0.15) is 0 Å². The Bertz CT molecular complexity index is 1340. The van der Waals surface area contributed by atoms with E-state index in [9.17, 15) is 9.18 Å². The normalized spacial score (nSPS) is 11.3. The molecule has 192 valence electrons. The zero-order valence-corrected chi connectivity index (χ0v) is 21.4. The van der Waals surface area contributed by atoms with Crippen LogP contribution in [0, 0.1) is 12.7 Å². The maximum Gasteiger partial charge on any atom is 0.349 e. The number of oxazole rings is 1. The highest BCUT2D eigenvalue weighted by molar-refractivity contribution is 5.79. The van der Waals surface area contributed by atoms with Gasteiger partial charge in [0.25, 0.3) is 0 Å². The molecular weight excluding hydrogens is 473 g/mol. The third-order valence-corrected chi connectivity index (χ3v) is 5.75. The van der Waals surface area contributed by atoms with E-state index in [0.29, 0.717) is 37.0 Å². The van der Waals surface area contributed by atoms with E-state index >= 15 is 0 Å². The fourth-order valence-electron chi connectivity index (χ4n) is 3.77. The molecule has 1 aromatic heterocycles. The fraction of sp³-hybridized carbons (Fsp3) is 0.267. The highest BCUT2D eigenvalue weighted by Gasteiger charge is 2.31. The summed E-state index contributed by atoms with van der Waals surface area (Å²) in [7, 11) is 0. The minimum Gasteiger partial charge on any atom is -0.493 e. The van der Waals surface area contributed by atoms with Crippen LogP contribution in [0.5, 0.6) is 11.5 Å². The lowest BCUT2D eigenvalue weighted by Gasteiger charge is -2.24. The Morgan fingerprint density at radius 2 is 1.62 bits per heavy atom. The Labute approximate surface area is 216 Å². The van der Waals surface area contributed by atoms with Gasteiger partial charge in [-0.05, 0) is 87.4 Å². The summed E-state index contributed by atoms with van der Waals surface area (Å²) >= 11 is 0. The maximum absolute atomic E-state index is 13.3. The standard InChI is InChI=1S/C30H30FNO5/c1-5-34-29(33)30(3,4)37-26-15-13-25(14-16-26)35-18-17-27-20(2)36-28(32-27)23-8-6-7-22(19-23)21-9-11-24(31)12-10-21/h6-16,19H,5,17-18H2,1-4H3. The van der Waals surface area contributed by atoms with E-state index < -0.39 is 11.6 Å². The van der Waals surface area contributed by atoms with Crippen LogP contribution in [-0.4, -0.2) is 29.8 Å². The molecule has 0 saturated heterocycles. The highest BCUT2D eigenvalue weighted by atomic mass is 19.1. The summed E-state index contributed by atoms with van der Waals surface area (Å²) in [5.74, 6) is 1.80. The van der Waals surface area contributed by atoms with Gasteiger partial charge in [-0.25, -0.2) is 14.2 Å². The van der Waals surface area contributed by atoms with E-state index in [1.165, 1.54) is 12.1 Å². The Balaban J connectivity index is 1.35. The second-order valence-corrected chi connectivity index (χ2v) is 9.01. The average Bonchev–Trinajstić information content (AvgIpc) is 3.26. The molecular formula is C30H30FNO5. The van der Waals surface area contributed by atoms with Crippen molar-refractivity contribution in [2.24, 2.45) is 0 Å². The lowest BCUT2D eigenvalue weighted by atomic mass is 10.0. The Morgan fingerprint density at radius 3 is 2.32 bits per heavy atom. The van der Waals surface area contributed by atoms with Gasteiger partial charge in [-0.1, -0.05) is 24.3 Å². The number of aromatic nitrogens is 1. The van der Waals surface area contributed by atoms with E-state index in [0.717, 1.165) is 28.1 Å². The zero-order valence-electron chi connectivity index (χ0n) is 21.4. The molecule has 4 rings (SSSR count). The lowest BCUT2D eigenvalue weighted by Crippen LogP contribution is -2.39. The molecule has 0 unspecified atom stereocenters. The minimum absolute atomic E-state index is 0.266. The van der Waals surface area contributed by atoms with E-state index in [4.69, 9.17) is 18.6 Å². The fourth-order valence-corrected chi connectivity index (χ4v) is 3.77. The second-order valence-electron chi connectivity index (χ2n) is 9.01. The van der Waals surface area contributed by atoms with Crippen LogP contribution in [0.15, 0.2) is 77.2 Å². The van der Waals surface area contributed by atoms with Crippen molar-refractivity contribution in [3.05, 3.63) is 90.1 Å². The molecule has 0 atom stereocenters. The maximum atomic E-state index is 13.3. The van der Waals surface area contributed by atoms with Gasteiger partial charge in [-0.3, -0.25) is 0 Å². The monoisotopic (exact) mass is 503 g/mol. The van der Waals surface area contributed by atoms with Crippen LogP contribution in [0.25, 0.3) is 22.6 Å². The Kier molecular flexibility index (Phi) is 7.92. The first kappa shape index (κ1) is 25.9. The average molecular weight is 504 g/mol. The van der Waals surface area contributed by atoms with E-state index in [-0.39, 0.29) is 5.82 Å². The first-order valence-electron chi connectivity index (χ1n) is 12.2. The van der Waals surface area contributed by atoms with Gasteiger partial charge in [0.15, 0.2) is 5.60 Å². The predicted molar refractivity (Wildman–Crippen MR) is 139 cm³/mol. The van der Waals surface area contributed by atoms with Crippen molar-refractivity contribution in [1.29, 1.82) is 0 Å². The zero-order chi connectivity index (χ0) is 26.4. The highest BCUT2D eigenvalue weighted by Crippen LogP contribution is 2.28. The van der Waals surface area contributed by atoms with Crippen molar-refractivity contribution in [1.82, 2.24) is 4.98 Å². The molecule has 0 N–H and O–H groups in total. The van der Waals surface area contributed by atoms with Crippen molar-refractivity contribution in [3.63, 3.8) is 0 Å². The molecule has 0 spiro atoms. The third kappa shape index (κ3) is 6.55. The number of benzene rings is 3. The van der Waals surface area contributed by atoms with Crippen LogP contribution in [-0.2, 0) is 16.0 Å². The summed E-state index contributed by atoms with van der Waals surface area (Å²) in [4.78, 5) is 16.7. The first-order chi connectivity index (χ1) is 17.7. The van der Waals surface area contributed by atoms with Gasteiger partial charge in [0.2, 0.25) is 5.89 Å². The molecule has 7 heteroatoms. The van der Waals surface area contributed by atoms with Gasteiger partial charge in [0.1, 0.15) is 23.1 Å². The van der Waals surface area contributed by atoms with Gasteiger partial charge in [0.05, 0.1) is 18.9 Å². The largest absolute Gasteiger partial charge is 0.493 e. The van der Waals surface area contributed by atoms with Gasteiger partial charge >= 0.3 is 5.97 Å². The van der Waals surface area contributed by atoms with Crippen LogP contribution in [0.1, 0.15) is 32.2 Å². The Morgan fingerprint density at radius 1 is 0.946 bits per heavy atom. The van der Waals surface area contributed by atoms with Crippen LogP contribution in [0.2, 0.25) is 0 Å². The molecule has 37 heavy (non-hydrogen) atoms. The van der Waals surface area contributed by atoms with Gasteiger partial charge in [0, 0.05) is 12.0 Å². The van der Waals surface area contributed by atoms with Crippen LogP contribution >= 0.6 is 0 Å². The van der Waals surface area contributed by atoms with Crippen molar-refractivity contribution < 1.29 is 27.8 Å². The molecule has 0 saturated carbocycles. The molecule has 1 heterocycles. The number of carbonyl (C=O) groups excluding carboxylic acids is 1. The predicted octanol–water partition coefficient (Wildman–Crippen LogP) is 6.80. The molecule has 0 aliphatic carbocycles. The number of aryl methyl sites for hydroxylation is 1. The first-order valence-corrected chi connectivity index (χ1v) is 12.2. The number of carbonyl (C=O) groups is 1. The van der Waals surface area contributed by atoms with Crippen molar-refractivity contribution in [2.75, 3.05) is 13.2 Å². The molecule has 0 aliphatic heterocycles. The summed E-state index contributed by atoms with van der Waals surface area (Å²) < 4.78 is 35.9. The molecule has 0 fully saturated rings. The smallest absolute Gasteiger partial charge is 0.349 e. The lowest BCUT2D eigenvalue weighted by molar-refractivity contribution is -0.158. The number of hydrogen-bond donors (Lipinski definition) is 0. The minimum atomic E-state index is -1.08. The summed E-state index contributed by atoms with van der Waals surface area (Å²) in [6.45, 7) is 7.69. The summed E-state index contributed by atoms with van der Waals surface area (Å²) in [6.07, 6.45) is 0.571. The summed E-state index contributed by atoms with van der Waals surface area (Å²) in [5, 5.41) is 0. The molecule has 0 bridgehead atoms. The van der Waals surface area contributed by atoms with Crippen LogP contribution < -0.4 is 9.47 Å². The molecule has 3 aromatic carbocycles. The molecule has 0 radical (unpaired) electrons. The number of ether oxygens (including phenoxy) is 3. The Hall–Kier alpha value is -4.13. The number of hydrogen-bond acceptors (Lipinski definition) is 6. The quantitative estimate of drug-likeness (QED) is 0.222. The second kappa shape index (κ2) is 11.3. The molecule has 6 nitrogen and oxygen atoms in total. The summed E-state index contributed by atoms with van der Waals surface area (Å²) in [5.41, 5.74) is 2.45. The number of nitrogens with zero attached hydrogens (tertiary/aromatic N) is 1. The topological polar surface area (TPSA) is 70.8 Å². The molecule has 0 aliphatic rings. The molecule has 4 aromatic rings. The third-order valence-electron chi connectivity index (χ3n) is 5.75. The van der Waals surface area contributed by atoms with Crippen molar-refractivity contribution in [3.8, 4) is 34.1 Å². The molecule has 0 amide bonds. The van der Waals surface area contributed by atoms with Crippen molar-refractivity contribution in [2.45, 2.75) is 39.7 Å². The van der Waals surface area contributed by atoms with Crippen LogP contribution in [0.4, 0.5) is 4.39 Å². The van der Waals surface area contributed by atoms with Crippen molar-refractivity contribution >= 4 is 5.97 Å². The number of rotatable bonds is 10. The number of esters is 1. The SMILES string of the molecule is CCOC(=O)C(C)(C)Oc1ccc(OCCc2nc(-c3cccc(-c4ccc(F)cc4)c3)oc2C)cc1.